The van der Waals surface area contributed by atoms with Crippen molar-refractivity contribution in [3.8, 4) is 5.75 Å². The number of nitrogens with zero attached hydrogens (tertiary/aromatic N) is 2. The summed E-state index contributed by atoms with van der Waals surface area (Å²) in [6, 6.07) is 5.83. The fraction of sp³-hybridized carbons (Fsp3) is 0.400. The Kier molecular flexibility index (Phi) is 3.88. The Balaban J connectivity index is 1.72. The Labute approximate surface area is 121 Å². The Hall–Kier alpha value is -1.95. The molecular formula is C15H17F2N3O. The number of nitrogens with two attached hydrogens (primary N) is 1. The highest BCUT2D eigenvalue weighted by Gasteiger charge is 2.17. The molecule has 3 rings (SSSR count). The van der Waals surface area contributed by atoms with Crippen molar-refractivity contribution in [3.63, 3.8) is 0 Å². The molecule has 1 aliphatic rings. The third-order valence-electron chi connectivity index (χ3n) is 3.80. The van der Waals surface area contributed by atoms with Crippen LogP contribution in [0.5, 0.6) is 5.75 Å². The van der Waals surface area contributed by atoms with E-state index in [1.807, 2.05) is 18.2 Å². The number of ether oxygens (including phenoxy) is 1. The molecule has 0 fully saturated rings. The molecule has 1 heterocycles. The maximum atomic E-state index is 12.7. The number of imidazole rings is 1. The van der Waals surface area contributed by atoms with Crippen molar-refractivity contribution in [2.75, 3.05) is 0 Å². The first kappa shape index (κ1) is 14.0. The van der Waals surface area contributed by atoms with Crippen LogP contribution in [0.15, 0.2) is 30.6 Å². The minimum Gasteiger partial charge on any atom is -0.486 e. The third-order valence-corrected chi connectivity index (χ3v) is 3.80. The van der Waals surface area contributed by atoms with Gasteiger partial charge in [0, 0.05) is 18.4 Å². The van der Waals surface area contributed by atoms with Gasteiger partial charge in [-0.1, -0.05) is 6.07 Å². The van der Waals surface area contributed by atoms with Crippen molar-refractivity contribution in [2.24, 2.45) is 5.73 Å². The number of hydrogen-bond donors (Lipinski definition) is 1. The molecule has 21 heavy (non-hydrogen) atoms. The van der Waals surface area contributed by atoms with Gasteiger partial charge in [0.25, 0.3) is 0 Å². The van der Waals surface area contributed by atoms with Gasteiger partial charge in [-0.25, -0.2) is 4.98 Å². The van der Waals surface area contributed by atoms with E-state index < -0.39 is 6.55 Å². The molecule has 1 atom stereocenters. The van der Waals surface area contributed by atoms with Crippen LogP contribution in [0.2, 0.25) is 0 Å². The van der Waals surface area contributed by atoms with Gasteiger partial charge in [0.15, 0.2) is 5.82 Å². The standard InChI is InChI=1S/C15H17F2N3O/c16-15(17)20-7-6-19-14(20)9-21-11-4-5-12-10(8-11)2-1-3-13(12)18/h4-8,13,15H,1-3,9,18H2. The van der Waals surface area contributed by atoms with Gasteiger partial charge in [0.05, 0.1) is 0 Å². The van der Waals surface area contributed by atoms with Gasteiger partial charge in [-0.15, -0.1) is 0 Å². The lowest BCUT2D eigenvalue weighted by Gasteiger charge is -2.22. The maximum Gasteiger partial charge on any atom is 0.320 e. The number of benzene rings is 1. The van der Waals surface area contributed by atoms with Crippen LogP contribution in [0.4, 0.5) is 8.78 Å². The number of halogens is 2. The van der Waals surface area contributed by atoms with E-state index in [4.69, 9.17) is 10.5 Å². The molecule has 0 aliphatic heterocycles. The lowest BCUT2D eigenvalue weighted by molar-refractivity contribution is 0.0632. The number of aromatic nitrogens is 2. The molecule has 6 heteroatoms. The molecule has 1 unspecified atom stereocenters. The van der Waals surface area contributed by atoms with Gasteiger partial charge < -0.3 is 10.5 Å². The third kappa shape index (κ3) is 2.90. The number of aryl methyl sites for hydroxylation is 1. The van der Waals surface area contributed by atoms with E-state index in [0.29, 0.717) is 5.75 Å². The molecule has 1 aromatic carbocycles. The molecule has 0 radical (unpaired) electrons. The average Bonchev–Trinajstić information content (AvgIpc) is 2.94. The van der Waals surface area contributed by atoms with Crippen molar-refractivity contribution in [1.29, 1.82) is 0 Å². The molecule has 0 saturated heterocycles. The highest BCUT2D eigenvalue weighted by Crippen LogP contribution is 2.30. The summed E-state index contributed by atoms with van der Waals surface area (Å²) in [5.41, 5.74) is 8.40. The van der Waals surface area contributed by atoms with Crippen molar-refractivity contribution < 1.29 is 13.5 Å². The number of rotatable bonds is 4. The SMILES string of the molecule is NC1CCCc2cc(OCc3nccn3C(F)F)ccc21. The summed E-state index contributed by atoms with van der Waals surface area (Å²) in [7, 11) is 0. The van der Waals surface area contributed by atoms with Crippen molar-refractivity contribution >= 4 is 0 Å². The van der Waals surface area contributed by atoms with E-state index in [2.05, 4.69) is 4.98 Å². The molecule has 112 valence electrons. The summed E-state index contributed by atoms with van der Waals surface area (Å²) in [4.78, 5) is 3.89. The van der Waals surface area contributed by atoms with Crippen LogP contribution in [0.3, 0.4) is 0 Å². The van der Waals surface area contributed by atoms with Crippen molar-refractivity contribution in [2.45, 2.75) is 38.5 Å². The molecule has 0 spiro atoms. The molecule has 0 bridgehead atoms. The minimum atomic E-state index is -2.60. The lowest BCUT2D eigenvalue weighted by atomic mass is 9.88. The molecular weight excluding hydrogens is 276 g/mol. The Morgan fingerprint density at radius 3 is 3.10 bits per heavy atom. The van der Waals surface area contributed by atoms with E-state index in [1.54, 1.807) is 0 Å². The minimum absolute atomic E-state index is 0.0161. The van der Waals surface area contributed by atoms with E-state index in [1.165, 1.54) is 18.0 Å². The molecule has 2 N–H and O–H groups in total. The monoisotopic (exact) mass is 293 g/mol. The van der Waals surface area contributed by atoms with Crippen LogP contribution in [0.1, 0.15) is 42.4 Å². The second-order valence-electron chi connectivity index (χ2n) is 5.18. The van der Waals surface area contributed by atoms with Gasteiger partial charge in [0.2, 0.25) is 0 Å². The van der Waals surface area contributed by atoms with Crippen molar-refractivity contribution in [1.82, 2.24) is 9.55 Å². The zero-order chi connectivity index (χ0) is 14.8. The zero-order valence-corrected chi connectivity index (χ0v) is 11.5. The van der Waals surface area contributed by atoms with E-state index in [9.17, 15) is 8.78 Å². The fourth-order valence-electron chi connectivity index (χ4n) is 2.70. The zero-order valence-electron chi connectivity index (χ0n) is 11.5. The van der Waals surface area contributed by atoms with Crippen LogP contribution in [0.25, 0.3) is 0 Å². The maximum absolute atomic E-state index is 12.7. The number of hydrogen-bond acceptors (Lipinski definition) is 3. The van der Waals surface area contributed by atoms with Crippen LogP contribution in [-0.4, -0.2) is 9.55 Å². The van der Waals surface area contributed by atoms with Crippen LogP contribution in [-0.2, 0) is 13.0 Å². The van der Waals surface area contributed by atoms with Gasteiger partial charge in [-0.2, -0.15) is 8.78 Å². The summed E-state index contributed by atoms with van der Waals surface area (Å²) in [6.07, 6.45) is 5.63. The highest BCUT2D eigenvalue weighted by atomic mass is 19.3. The predicted octanol–water partition coefficient (Wildman–Crippen LogP) is 3.19. The second-order valence-corrected chi connectivity index (χ2v) is 5.18. The molecule has 1 aromatic heterocycles. The Morgan fingerprint density at radius 2 is 2.29 bits per heavy atom. The van der Waals surface area contributed by atoms with Crippen LogP contribution in [0, 0.1) is 0 Å². The first-order valence-corrected chi connectivity index (χ1v) is 6.96. The Bertz CT molecular complexity index is 627. The second kappa shape index (κ2) is 5.81. The van der Waals surface area contributed by atoms with Gasteiger partial charge in [0.1, 0.15) is 12.4 Å². The highest BCUT2D eigenvalue weighted by molar-refractivity contribution is 5.38. The first-order valence-electron chi connectivity index (χ1n) is 6.96. The van der Waals surface area contributed by atoms with E-state index in [0.717, 1.165) is 29.4 Å². The average molecular weight is 293 g/mol. The van der Waals surface area contributed by atoms with Crippen molar-refractivity contribution in [3.05, 3.63) is 47.5 Å². The summed E-state index contributed by atoms with van der Waals surface area (Å²) >= 11 is 0. The summed E-state index contributed by atoms with van der Waals surface area (Å²) in [5, 5.41) is 0. The van der Waals surface area contributed by atoms with Crippen LogP contribution < -0.4 is 10.5 Å². The van der Waals surface area contributed by atoms with Crippen LogP contribution >= 0.6 is 0 Å². The largest absolute Gasteiger partial charge is 0.486 e. The van der Waals surface area contributed by atoms with Gasteiger partial charge in [-0.3, -0.25) is 4.57 Å². The lowest BCUT2D eigenvalue weighted by Crippen LogP contribution is -2.17. The summed E-state index contributed by atoms with van der Waals surface area (Å²) in [5.74, 6) is 0.867. The summed E-state index contributed by atoms with van der Waals surface area (Å²) < 4.78 is 31.8. The summed E-state index contributed by atoms with van der Waals surface area (Å²) in [6.45, 7) is -2.59. The molecule has 4 nitrogen and oxygen atoms in total. The van der Waals surface area contributed by atoms with E-state index >= 15 is 0 Å². The smallest absolute Gasteiger partial charge is 0.320 e. The van der Waals surface area contributed by atoms with Gasteiger partial charge >= 0.3 is 6.55 Å². The predicted molar refractivity (Wildman–Crippen MR) is 74.1 cm³/mol. The molecule has 1 aliphatic carbocycles. The number of fused-ring (bicyclic) bond motifs is 1. The fourth-order valence-corrected chi connectivity index (χ4v) is 2.70. The van der Waals surface area contributed by atoms with Gasteiger partial charge in [-0.05, 0) is 42.5 Å². The first-order chi connectivity index (χ1) is 10.1. The Morgan fingerprint density at radius 1 is 1.43 bits per heavy atom. The molecule has 0 saturated carbocycles. The molecule has 2 aromatic rings. The molecule has 0 amide bonds. The normalized spacial score (nSPS) is 17.8. The quantitative estimate of drug-likeness (QED) is 0.942. The van der Waals surface area contributed by atoms with E-state index in [-0.39, 0.29) is 18.5 Å². The topological polar surface area (TPSA) is 53.1 Å². The number of alkyl halides is 2.